The number of nitrogens with one attached hydrogen (secondary N) is 2. The summed E-state index contributed by atoms with van der Waals surface area (Å²) in [7, 11) is 1.67. The first-order valence-electron chi connectivity index (χ1n) is 13.2. The molecule has 1 aromatic heterocycles. The van der Waals surface area contributed by atoms with E-state index in [1.165, 1.54) is 22.6 Å². The van der Waals surface area contributed by atoms with Crippen LogP contribution in [0.1, 0.15) is 62.9 Å². The summed E-state index contributed by atoms with van der Waals surface area (Å²) < 4.78 is 5.52. The SMILES string of the molecule is COc1ccc(Cl)cc1Nc1nc2c(s1)C1=CC[C@@H]3[C@H](CC[C@]4(C)/C(=N/NC(N)=O)CC[C@@H]34)[C@@]1(C)CC2. The Hall–Kier alpha value is -2.58. The molecule has 0 unspecified atom stereocenters. The number of anilines is 2. The monoisotopic (exact) mass is 539 g/mol. The molecule has 7 nitrogen and oxygen atoms in total. The van der Waals surface area contributed by atoms with E-state index in [9.17, 15) is 4.79 Å². The molecule has 2 saturated carbocycles. The minimum absolute atomic E-state index is 0.0444. The summed E-state index contributed by atoms with van der Waals surface area (Å²) >= 11 is 8.00. The third kappa shape index (κ3) is 3.95. The number of rotatable bonds is 4. The number of urea groups is 1. The summed E-state index contributed by atoms with van der Waals surface area (Å²) in [6, 6.07) is 5.00. The first-order valence-corrected chi connectivity index (χ1v) is 14.4. The van der Waals surface area contributed by atoms with Crippen LogP contribution in [0, 0.1) is 28.6 Å². The van der Waals surface area contributed by atoms with E-state index in [0.717, 1.165) is 60.8 Å². The molecule has 1 heterocycles. The first-order chi connectivity index (χ1) is 17.7. The Morgan fingerprint density at radius 1 is 1.22 bits per heavy atom. The van der Waals surface area contributed by atoms with Crippen molar-refractivity contribution in [1.82, 2.24) is 10.4 Å². The topological polar surface area (TPSA) is 102 Å². The normalized spacial score (nSPS) is 33.0. The molecular formula is C28H34ClN5O2S. The number of primary amides is 1. The van der Waals surface area contributed by atoms with Crippen LogP contribution in [0.4, 0.5) is 15.6 Å². The van der Waals surface area contributed by atoms with Gasteiger partial charge < -0.3 is 15.8 Å². The van der Waals surface area contributed by atoms with Gasteiger partial charge in [0.15, 0.2) is 5.13 Å². The molecule has 4 aliphatic carbocycles. The zero-order valence-electron chi connectivity index (χ0n) is 21.6. The second kappa shape index (κ2) is 9.02. The van der Waals surface area contributed by atoms with E-state index in [2.05, 4.69) is 35.8 Å². The van der Waals surface area contributed by atoms with Crippen molar-refractivity contribution in [1.29, 1.82) is 0 Å². The number of ether oxygens (including phenoxy) is 1. The quantitative estimate of drug-likeness (QED) is 0.374. The number of hydrogen-bond acceptors (Lipinski definition) is 6. The van der Waals surface area contributed by atoms with E-state index in [4.69, 9.17) is 27.1 Å². The van der Waals surface area contributed by atoms with E-state index < -0.39 is 6.03 Å². The number of halogens is 1. The van der Waals surface area contributed by atoms with E-state index in [1.807, 2.05) is 18.2 Å². The summed E-state index contributed by atoms with van der Waals surface area (Å²) in [5.41, 5.74) is 12.6. The van der Waals surface area contributed by atoms with Crippen LogP contribution in [0.25, 0.3) is 5.57 Å². The maximum absolute atomic E-state index is 11.3. The summed E-state index contributed by atoms with van der Waals surface area (Å²) in [5, 5.41) is 9.45. The zero-order valence-corrected chi connectivity index (χ0v) is 23.1. The lowest BCUT2D eigenvalue weighted by atomic mass is 9.48. The smallest absolute Gasteiger partial charge is 0.332 e. The molecule has 9 heteroatoms. The van der Waals surface area contributed by atoms with Crippen molar-refractivity contribution < 1.29 is 9.53 Å². The molecule has 4 aliphatic rings. The van der Waals surface area contributed by atoms with Crippen molar-refractivity contribution in [2.75, 3.05) is 12.4 Å². The van der Waals surface area contributed by atoms with Gasteiger partial charge in [0.1, 0.15) is 5.75 Å². The number of aromatic nitrogens is 1. The Labute approximate surface area is 226 Å². The van der Waals surface area contributed by atoms with Gasteiger partial charge in [0.05, 0.1) is 23.4 Å². The number of amides is 2. The lowest BCUT2D eigenvalue weighted by molar-refractivity contribution is 0.0116. The molecular weight excluding hydrogens is 506 g/mol. The first kappa shape index (κ1) is 24.7. The zero-order chi connectivity index (χ0) is 25.9. The third-order valence-electron chi connectivity index (χ3n) is 9.73. The number of carbonyl (C=O) groups is 1. The van der Waals surface area contributed by atoms with Crippen molar-refractivity contribution >= 4 is 51.1 Å². The largest absolute Gasteiger partial charge is 0.495 e. The van der Waals surface area contributed by atoms with Crippen LogP contribution in [0.15, 0.2) is 29.4 Å². The van der Waals surface area contributed by atoms with E-state index >= 15 is 0 Å². The standard InChI is InChI=1S/C28H34ClN5O2S/c1-27-13-11-20-24(37-26(31-20)32-21-14-15(29)4-8-22(21)36-3)19(27)6-5-16-17-7-9-23(33-34-25(30)35)28(17,2)12-10-18(16)27/h4,6,8,14,16-18H,5,7,9-13H2,1-3H3,(H,31,32)(H3,30,34,35)/b33-23+/t16-,17-,18-,27+,28-/m0/s1. The molecule has 2 aromatic rings. The number of carbonyl (C=O) groups excluding carboxylic acids is 1. The number of benzene rings is 1. The lowest BCUT2D eigenvalue weighted by Crippen LogP contribution is -2.49. The molecule has 37 heavy (non-hydrogen) atoms. The number of nitrogens with two attached hydrogens (primary N) is 1. The van der Waals surface area contributed by atoms with Gasteiger partial charge >= 0.3 is 6.03 Å². The molecule has 196 valence electrons. The Kier molecular flexibility index (Phi) is 6.03. The molecule has 2 amide bonds. The Morgan fingerprint density at radius 2 is 2.03 bits per heavy atom. The number of nitrogens with zero attached hydrogens (tertiary/aromatic N) is 2. The van der Waals surface area contributed by atoms with E-state index in [1.54, 1.807) is 18.4 Å². The van der Waals surface area contributed by atoms with Gasteiger partial charge in [0.2, 0.25) is 0 Å². The van der Waals surface area contributed by atoms with Crippen molar-refractivity contribution in [3.05, 3.63) is 39.9 Å². The Bertz CT molecular complexity index is 1320. The van der Waals surface area contributed by atoms with Gasteiger partial charge in [-0.25, -0.2) is 15.2 Å². The average Bonchev–Trinajstić information content (AvgIpc) is 3.42. The number of methoxy groups -OCH3 is 1. The number of aryl methyl sites for hydroxylation is 1. The fourth-order valence-corrected chi connectivity index (χ4v) is 9.29. The summed E-state index contributed by atoms with van der Waals surface area (Å²) in [6.45, 7) is 4.85. The van der Waals surface area contributed by atoms with E-state index in [0.29, 0.717) is 22.8 Å². The summed E-state index contributed by atoms with van der Waals surface area (Å²) in [6.07, 6.45) is 10.1. The molecule has 4 N–H and O–H groups in total. The van der Waals surface area contributed by atoms with Crippen LogP contribution in [0.2, 0.25) is 5.02 Å². The summed E-state index contributed by atoms with van der Waals surface area (Å²) in [5.74, 6) is 2.62. The van der Waals surface area contributed by atoms with Crippen molar-refractivity contribution in [2.24, 2.45) is 39.4 Å². The van der Waals surface area contributed by atoms with Gasteiger partial charge in [-0.1, -0.05) is 42.9 Å². The van der Waals surface area contributed by atoms with Gasteiger partial charge in [-0.05, 0) is 91.9 Å². The van der Waals surface area contributed by atoms with Crippen LogP contribution in [-0.2, 0) is 6.42 Å². The number of hydrogen-bond donors (Lipinski definition) is 3. The van der Waals surface area contributed by atoms with Crippen LogP contribution < -0.4 is 21.2 Å². The molecule has 0 aliphatic heterocycles. The molecule has 5 atom stereocenters. The number of fused-ring (bicyclic) bond motifs is 7. The second-order valence-corrected chi connectivity index (χ2v) is 12.9. The minimum Gasteiger partial charge on any atom is -0.495 e. The highest BCUT2D eigenvalue weighted by molar-refractivity contribution is 7.16. The highest BCUT2D eigenvalue weighted by Gasteiger charge is 2.58. The fourth-order valence-electron chi connectivity index (χ4n) is 7.92. The lowest BCUT2D eigenvalue weighted by Gasteiger charge is -2.56. The van der Waals surface area contributed by atoms with Crippen molar-refractivity contribution in [3.8, 4) is 5.75 Å². The van der Waals surface area contributed by atoms with Gasteiger partial charge in [0.25, 0.3) is 0 Å². The molecule has 1 aromatic carbocycles. The molecule has 0 radical (unpaired) electrons. The molecule has 0 spiro atoms. The molecule has 0 bridgehead atoms. The van der Waals surface area contributed by atoms with Crippen molar-refractivity contribution in [2.45, 2.75) is 58.8 Å². The second-order valence-electron chi connectivity index (χ2n) is 11.4. The maximum atomic E-state index is 11.3. The molecule has 6 rings (SSSR count). The summed E-state index contributed by atoms with van der Waals surface area (Å²) in [4.78, 5) is 17.6. The Balaban J connectivity index is 1.29. The highest BCUT2D eigenvalue weighted by atomic mass is 35.5. The minimum atomic E-state index is -0.587. The van der Waals surface area contributed by atoms with E-state index in [-0.39, 0.29) is 10.8 Å². The van der Waals surface area contributed by atoms with Gasteiger partial charge in [0, 0.05) is 16.1 Å². The van der Waals surface area contributed by atoms with Crippen LogP contribution in [0.3, 0.4) is 0 Å². The van der Waals surface area contributed by atoms with Gasteiger partial charge in [-0.15, -0.1) is 0 Å². The van der Waals surface area contributed by atoms with Crippen LogP contribution in [-0.4, -0.2) is 23.8 Å². The van der Waals surface area contributed by atoms with Crippen molar-refractivity contribution in [3.63, 3.8) is 0 Å². The number of hydrazone groups is 1. The fraction of sp³-hybridized carbons (Fsp3) is 0.536. The Morgan fingerprint density at radius 3 is 2.81 bits per heavy atom. The molecule has 2 fully saturated rings. The predicted octanol–water partition coefficient (Wildman–Crippen LogP) is 6.76. The van der Waals surface area contributed by atoms with Crippen LogP contribution in [0.5, 0.6) is 5.75 Å². The number of thiazole rings is 1. The average molecular weight is 540 g/mol. The molecule has 0 saturated heterocycles. The van der Waals surface area contributed by atoms with Gasteiger partial charge in [-0.2, -0.15) is 5.10 Å². The van der Waals surface area contributed by atoms with Crippen LogP contribution >= 0.6 is 22.9 Å². The third-order valence-corrected chi connectivity index (χ3v) is 11.0. The highest BCUT2D eigenvalue weighted by Crippen LogP contribution is 2.65. The maximum Gasteiger partial charge on any atom is 0.332 e. The number of allylic oxidation sites excluding steroid dienone is 2. The van der Waals surface area contributed by atoms with Gasteiger partial charge in [-0.3, -0.25) is 0 Å². The predicted molar refractivity (Wildman–Crippen MR) is 150 cm³/mol.